The molecule has 1 saturated heterocycles. The molecule has 1 amide bonds. The third-order valence-electron chi connectivity index (χ3n) is 3.83. The molecular weight excluding hydrogens is 268 g/mol. The zero-order valence-corrected chi connectivity index (χ0v) is 12.5. The van der Waals surface area contributed by atoms with Gasteiger partial charge in [0.15, 0.2) is 0 Å². The summed E-state index contributed by atoms with van der Waals surface area (Å²) < 4.78 is 5.11. The highest BCUT2D eigenvalue weighted by molar-refractivity contribution is 5.94. The third kappa shape index (κ3) is 5.02. The minimum Gasteiger partial charge on any atom is -0.497 e. The second-order valence-electron chi connectivity index (χ2n) is 5.41. The van der Waals surface area contributed by atoms with Crippen molar-refractivity contribution in [2.24, 2.45) is 0 Å². The van der Waals surface area contributed by atoms with Crippen molar-refractivity contribution in [3.8, 4) is 5.75 Å². The first kappa shape index (κ1) is 15.8. The van der Waals surface area contributed by atoms with Crippen molar-refractivity contribution >= 4 is 5.91 Å². The fourth-order valence-corrected chi connectivity index (χ4v) is 2.51. The van der Waals surface area contributed by atoms with E-state index in [1.54, 1.807) is 19.2 Å². The predicted molar refractivity (Wildman–Crippen MR) is 81.6 cm³/mol. The summed E-state index contributed by atoms with van der Waals surface area (Å²) in [5, 5.41) is 12.4. The molecule has 2 rings (SSSR count). The quantitative estimate of drug-likeness (QED) is 0.775. The molecule has 5 heteroatoms. The molecule has 0 aromatic heterocycles. The van der Waals surface area contributed by atoms with Crippen molar-refractivity contribution in [1.82, 2.24) is 10.2 Å². The van der Waals surface area contributed by atoms with E-state index >= 15 is 0 Å². The summed E-state index contributed by atoms with van der Waals surface area (Å²) in [5.41, 5.74) is 0.621. The van der Waals surface area contributed by atoms with Crippen molar-refractivity contribution < 1.29 is 14.6 Å². The molecule has 0 atom stereocenters. The van der Waals surface area contributed by atoms with Crippen molar-refractivity contribution in [3.63, 3.8) is 0 Å². The summed E-state index contributed by atoms with van der Waals surface area (Å²) in [6.07, 6.45) is 2.51. The number of amides is 1. The van der Waals surface area contributed by atoms with Gasteiger partial charge in [0.1, 0.15) is 5.75 Å². The van der Waals surface area contributed by atoms with Crippen LogP contribution < -0.4 is 10.1 Å². The van der Waals surface area contributed by atoms with E-state index in [0.717, 1.165) is 38.9 Å². The van der Waals surface area contributed by atoms with Crippen LogP contribution in [0.1, 0.15) is 29.6 Å². The van der Waals surface area contributed by atoms with E-state index in [2.05, 4.69) is 10.2 Å². The number of methoxy groups -OCH3 is 1. The van der Waals surface area contributed by atoms with Crippen LogP contribution in [0.4, 0.5) is 0 Å². The Balaban J connectivity index is 1.67. The minimum atomic E-state index is -0.131. The molecule has 116 valence electrons. The van der Waals surface area contributed by atoms with Crippen molar-refractivity contribution in [1.29, 1.82) is 0 Å². The van der Waals surface area contributed by atoms with Crippen LogP contribution in [-0.4, -0.2) is 55.3 Å². The van der Waals surface area contributed by atoms with Gasteiger partial charge in [-0.05, 0) is 44.0 Å². The maximum atomic E-state index is 12.0. The van der Waals surface area contributed by atoms with Gasteiger partial charge in [0.05, 0.1) is 13.2 Å². The number of carbonyl (C=O) groups excluding carboxylic acids is 1. The summed E-state index contributed by atoms with van der Waals surface area (Å²) in [6, 6.07) is 7.15. The average molecular weight is 292 g/mol. The van der Waals surface area contributed by atoms with Gasteiger partial charge in [-0.15, -0.1) is 0 Å². The fraction of sp³-hybridized carbons (Fsp3) is 0.562. The second kappa shape index (κ2) is 8.00. The minimum absolute atomic E-state index is 0.0667. The number of nitrogens with one attached hydrogen (secondary N) is 1. The number of ether oxygens (including phenoxy) is 1. The van der Waals surface area contributed by atoms with Crippen molar-refractivity contribution in [2.45, 2.75) is 25.4 Å². The van der Waals surface area contributed by atoms with Crippen LogP contribution in [0.2, 0.25) is 0 Å². The molecule has 1 fully saturated rings. The molecular formula is C16H24N2O3. The van der Waals surface area contributed by atoms with E-state index in [9.17, 15) is 9.90 Å². The van der Waals surface area contributed by atoms with Crippen LogP contribution in [-0.2, 0) is 0 Å². The molecule has 2 N–H and O–H groups in total. The second-order valence-corrected chi connectivity index (χ2v) is 5.41. The van der Waals surface area contributed by atoms with E-state index in [-0.39, 0.29) is 12.0 Å². The average Bonchev–Trinajstić information content (AvgIpc) is 2.53. The number of aliphatic hydroxyl groups is 1. The van der Waals surface area contributed by atoms with Crippen LogP contribution in [0.25, 0.3) is 0 Å². The van der Waals surface area contributed by atoms with Gasteiger partial charge >= 0.3 is 0 Å². The lowest BCUT2D eigenvalue weighted by molar-refractivity contribution is 0.0816. The highest BCUT2D eigenvalue weighted by Gasteiger charge is 2.16. The first-order valence-corrected chi connectivity index (χ1v) is 7.51. The summed E-state index contributed by atoms with van der Waals surface area (Å²) in [6.45, 7) is 3.52. The lowest BCUT2D eigenvalue weighted by Gasteiger charge is -2.29. The van der Waals surface area contributed by atoms with E-state index in [1.165, 1.54) is 0 Å². The SMILES string of the molecule is COc1cccc(C(=O)NCCCN2CCC(O)CC2)c1. The van der Waals surface area contributed by atoms with E-state index in [4.69, 9.17) is 4.74 Å². The number of piperidine rings is 1. The lowest BCUT2D eigenvalue weighted by atomic mass is 10.1. The van der Waals surface area contributed by atoms with Gasteiger partial charge in [0.25, 0.3) is 5.91 Å². The predicted octanol–water partition coefficient (Wildman–Crippen LogP) is 1.27. The van der Waals surface area contributed by atoms with Gasteiger partial charge in [0.2, 0.25) is 0 Å². The Morgan fingerprint density at radius 3 is 2.90 bits per heavy atom. The van der Waals surface area contributed by atoms with Gasteiger partial charge in [-0.2, -0.15) is 0 Å². The Morgan fingerprint density at radius 1 is 1.43 bits per heavy atom. The Labute approximate surface area is 125 Å². The van der Waals surface area contributed by atoms with Gasteiger partial charge < -0.3 is 20.1 Å². The van der Waals surface area contributed by atoms with Gasteiger partial charge in [-0.1, -0.05) is 6.07 Å². The standard InChI is InChI=1S/C16H24N2O3/c1-21-15-5-2-4-13(12-15)16(20)17-8-3-9-18-10-6-14(19)7-11-18/h2,4-5,12,14,19H,3,6-11H2,1H3,(H,17,20). The molecule has 21 heavy (non-hydrogen) atoms. The topological polar surface area (TPSA) is 61.8 Å². The van der Waals surface area contributed by atoms with Crippen LogP contribution in [0, 0.1) is 0 Å². The Kier molecular flexibility index (Phi) is 6.02. The van der Waals surface area contributed by atoms with Gasteiger partial charge in [-0.25, -0.2) is 0 Å². The number of hydrogen-bond donors (Lipinski definition) is 2. The largest absolute Gasteiger partial charge is 0.497 e. The highest BCUT2D eigenvalue weighted by atomic mass is 16.5. The number of hydrogen-bond acceptors (Lipinski definition) is 4. The molecule has 0 saturated carbocycles. The normalized spacial score (nSPS) is 16.7. The number of benzene rings is 1. The number of rotatable bonds is 6. The Hall–Kier alpha value is -1.59. The van der Waals surface area contributed by atoms with E-state index < -0.39 is 0 Å². The number of carbonyl (C=O) groups is 1. The number of nitrogens with zero attached hydrogens (tertiary/aromatic N) is 1. The summed E-state index contributed by atoms with van der Waals surface area (Å²) in [4.78, 5) is 14.3. The zero-order valence-electron chi connectivity index (χ0n) is 12.5. The van der Waals surface area contributed by atoms with Crippen LogP contribution in [0.15, 0.2) is 24.3 Å². The van der Waals surface area contributed by atoms with Crippen LogP contribution in [0.3, 0.4) is 0 Å². The molecule has 0 unspecified atom stereocenters. The molecule has 1 heterocycles. The molecule has 0 bridgehead atoms. The summed E-state index contributed by atoms with van der Waals surface area (Å²) >= 11 is 0. The lowest BCUT2D eigenvalue weighted by Crippen LogP contribution is -2.37. The summed E-state index contributed by atoms with van der Waals surface area (Å²) in [7, 11) is 1.59. The number of aliphatic hydroxyl groups excluding tert-OH is 1. The molecule has 1 aliphatic rings. The maximum Gasteiger partial charge on any atom is 0.251 e. The van der Waals surface area contributed by atoms with Crippen LogP contribution >= 0.6 is 0 Å². The monoisotopic (exact) mass is 292 g/mol. The molecule has 0 aliphatic carbocycles. The third-order valence-corrected chi connectivity index (χ3v) is 3.83. The molecule has 0 spiro atoms. The summed E-state index contributed by atoms with van der Waals surface area (Å²) in [5.74, 6) is 0.623. The molecule has 0 radical (unpaired) electrons. The van der Waals surface area contributed by atoms with E-state index in [1.807, 2.05) is 12.1 Å². The fourth-order valence-electron chi connectivity index (χ4n) is 2.51. The van der Waals surface area contributed by atoms with Crippen molar-refractivity contribution in [2.75, 3.05) is 33.3 Å². The highest BCUT2D eigenvalue weighted by Crippen LogP contribution is 2.12. The van der Waals surface area contributed by atoms with E-state index in [0.29, 0.717) is 17.9 Å². The van der Waals surface area contributed by atoms with Crippen LogP contribution in [0.5, 0.6) is 5.75 Å². The zero-order chi connectivity index (χ0) is 15.1. The first-order valence-electron chi connectivity index (χ1n) is 7.51. The molecule has 1 aliphatic heterocycles. The first-order chi connectivity index (χ1) is 10.2. The maximum absolute atomic E-state index is 12.0. The smallest absolute Gasteiger partial charge is 0.251 e. The Bertz CT molecular complexity index is 457. The number of likely N-dealkylation sites (tertiary alicyclic amines) is 1. The van der Waals surface area contributed by atoms with Gasteiger partial charge in [0, 0.05) is 25.2 Å². The van der Waals surface area contributed by atoms with Gasteiger partial charge in [-0.3, -0.25) is 4.79 Å². The molecule has 5 nitrogen and oxygen atoms in total. The van der Waals surface area contributed by atoms with Crippen molar-refractivity contribution in [3.05, 3.63) is 29.8 Å². The molecule has 1 aromatic rings. The molecule has 1 aromatic carbocycles. The Morgan fingerprint density at radius 2 is 2.19 bits per heavy atom.